The van der Waals surface area contributed by atoms with Gasteiger partial charge in [-0.05, 0) is 42.8 Å². The summed E-state index contributed by atoms with van der Waals surface area (Å²) in [4.78, 5) is 12.2. The first kappa shape index (κ1) is 12.5. The Kier molecular flexibility index (Phi) is 3.03. The lowest BCUT2D eigenvalue weighted by Crippen LogP contribution is -2.02. The van der Waals surface area contributed by atoms with E-state index in [1.165, 1.54) is 0 Å². The largest absolute Gasteiger partial charge is 0.453 e. The number of fused-ring (bicyclic) bond motifs is 1. The molecule has 0 amide bonds. The van der Waals surface area contributed by atoms with Crippen LogP contribution in [0, 0.1) is 6.92 Å². The van der Waals surface area contributed by atoms with E-state index in [-0.39, 0.29) is 5.78 Å². The standard InChI is InChI=1S/C17H15NO2/c1-11-2-7-16-13(8-11)10-17(20-16)15(19)9-12-3-5-14(18)6-4-12/h2-8,10H,9,18H2,1H3. The Morgan fingerprint density at radius 2 is 1.85 bits per heavy atom. The van der Waals surface area contributed by atoms with Crippen molar-refractivity contribution in [3.63, 3.8) is 0 Å². The Morgan fingerprint density at radius 3 is 2.60 bits per heavy atom. The molecule has 20 heavy (non-hydrogen) atoms. The monoisotopic (exact) mass is 265 g/mol. The summed E-state index contributed by atoms with van der Waals surface area (Å²) in [5.74, 6) is 0.381. The van der Waals surface area contributed by atoms with Crippen LogP contribution in [0.5, 0.6) is 0 Å². The number of benzene rings is 2. The van der Waals surface area contributed by atoms with Crippen molar-refractivity contribution in [3.05, 3.63) is 65.4 Å². The second kappa shape index (κ2) is 4.85. The predicted octanol–water partition coefficient (Wildman–Crippen LogP) is 3.75. The molecule has 1 heterocycles. The zero-order valence-corrected chi connectivity index (χ0v) is 11.2. The van der Waals surface area contributed by atoms with Gasteiger partial charge in [0.1, 0.15) is 5.58 Å². The number of furan rings is 1. The molecule has 100 valence electrons. The summed E-state index contributed by atoms with van der Waals surface area (Å²) in [7, 11) is 0. The molecule has 0 fully saturated rings. The number of Topliss-reactive ketones (excluding diaryl/α,β-unsaturated/α-hetero) is 1. The number of ketones is 1. The van der Waals surface area contributed by atoms with Gasteiger partial charge in [-0.15, -0.1) is 0 Å². The first-order valence-electron chi connectivity index (χ1n) is 6.49. The number of nitrogen functional groups attached to an aromatic ring is 1. The van der Waals surface area contributed by atoms with Gasteiger partial charge in [-0.1, -0.05) is 23.8 Å². The van der Waals surface area contributed by atoms with Crippen LogP contribution in [-0.2, 0) is 6.42 Å². The fourth-order valence-corrected chi connectivity index (χ4v) is 2.21. The van der Waals surface area contributed by atoms with Gasteiger partial charge in [-0.2, -0.15) is 0 Å². The first-order valence-corrected chi connectivity index (χ1v) is 6.49. The van der Waals surface area contributed by atoms with E-state index in [0.717, 1.165) is 22.1 Å². The summed E-state index contributed by atoms with van der Waals surface area (Å²) >= 11 is 0. The second-order valence-corrected chi connectivity index (χ2v) is 4.99. The van der Waals surface area contributed by atoms with Gasteiger partial charge in [0.25, 0.3) is 0 Å². The Labute approximate surface area is 117 Å². The van der Waals surface area contributed by atoms with Crippen LogP contribution in [0.3, 0.4) is 0 Å². The number of nitrogens with two attached hydrogens (primary N) is 1. The average Bonchev–Trinajstić information content (AvgIpc) is 2.84. The molecule has 3 heteroatoms. The SMILES string of the molecule is Cc1ccc2oc(C(=O)Cc3ccc(N)cc3)cc2c1. The van der Waals surface area contributed by atoms with Crippen molar-refractivity contribution < 1.29 is 9.21 Å². The Balaban J connectivity index is 1.86. The average molecular weight is 265 g/mol. The summed E-state index contributed by atoms with van der Waals surface area (Å²) in [6.45, 7) is 2.02. The first-order chi connectivity index (χ1) is 9.61. The molecule has 0 bridgehead atoms. The van der Waals surface area contributed by atoms with Crippen LogP contribution in [0.1, 0.15) is 21.7 Å². The van der Waals surface area contributed by atoms with Crippen molar-refractivity contribution in [2.24, 2.45) is 0 Å². The van der Waals surface area contributed by atoms with Gasteiger partial charge < -0.3 is 10.2 Å². The molecule has 0 saturated carbocycles. The Morgan fingerprint density at radius 1 is 1.10 bits per heavy atom. The van der Waals surface area contributed by atoms with E-state index in [2.05, 4.69) is 0 Å². The minimum Gasteiger partial charge on any atom is -0.453 e. The van der Waals surface area contributed by atoms with Gasteiger partial charge in [0, 0.05) is 17.5 Å². The van der Waals surface area contributed by atoms with Crippen molar-refractivity contribution >= 4 is 22.4 Å². The number of carbonyl (C=O) groups is 1. The van der Waals surface area contributed by atoms with Crippen LogP contribution >= 0.6 is 0 Å². The lowest BCUT2D eigenvalue weighted by atomic mass is 10.1. The van der Waals surface area contributed by atoms with Crippen molar-refractivity contribution in [1.29, 1.82) is 0 Å². The summed E-state index contributed by atoms with van der Waals surface area (Å²) < 4.78 is 5.61. The maximum Gasteiger partial charge on any atom is 0.202 e. The van der Waals surface area contributed by atoms with E-state index in [0.29, 0.717) is 17.9 Å². The highest BCUT2D eigenvalue weighted by Crippen LogP contribution is 2.22. The fourth-order valence-electron chi connectivity index (χ4n) is 2.21. The lowest BCUT2D eigenvalue weighted by Gasteiger charge is -1.99. The van der Waals surface area contributed by atoms with E-state index in [9.17, 15) is 4.79 Å². The topological polar surface area (TPSA) is 56.2 Å². The molecule has 0 saturated heterocycles. The number of anilines is 1. The van der Waals surface area contributed by atoms with Crippen LogP contribution in [0.25, 0.3) is 11.0 Å². The normalized spacial score (nSPS) is 10.8. The second-order valence-electron chi connectivity index (χ2n) is 4.99. The molecule has 0 spiro atoms. The third-order valence-electron chi connectivity index (χ3n) is 3.29. The van der Waals surface area contributed by atoms with Crippen molar-refractivity contribution in [2.75, 3.05) is 5.73 Å². The molecule has 1 aromatic heterocycles. The molecule has 3 nitrogen and oxygen atoms in total. The minimum absolute atomic E-state index is 0.0244. The van der Waals surface area contributed by atoms with Crippen molar-refractivity contribution in [3.8, 4) is 0 Å². The fraction of sp³-hybridized carbons (Fsp3) is 0.118. The summed E-state index contributed by atoms with van der Waals surface area (Å²) in [5.41, 5.74) is 9.15. The molecule has 0 radical (unpaired) electrons. The van der Waals surface area contributed by atoms with E-state index in [1.807, 2.05) is 43.3 Å². The molecular weight excluding hydrogens is 250 g/mol. The molecule has 0 atom stereocenters. The predicted molar refractivity (Wildman–Crippen MR) is 79.8 cm³/mol. The molecule has 0 aliphatic rings. The summed E-state index contributed by atoms with van der Waals surface area (Å²) in [6.07, 6.45) is 0.319. The highest BCUT2D eigenvalue weighted by molar-refractivity contribution is 5.98. The van der Waals surface area contributed by atoms with Gasteiger partial charge in [0.15, 0.2) is 5.76 Å². The number of hydrogen-bond donors (Lipinski definition) is 1. The molecule has 0 aliphatic heterocycles. The maximum atomic E-state index is 12.2. The molecule has 3 aromatic rings. The number of rotatable bonds is 3. The number of hydrogen-bond acceptors (Lipinski definition) is 3. The zero-order valence-electron chi connectivity index (χ0n) is 11.2. The van der Waals surface area contributed by atoms with Gasteiger partial charge >= 0.3 is 0 Å². The lowest BCUT2D eigenvalue weighted by molar-refractivity contribution is 0.0968. The molecule has 0 unspecified atom stereocenters. The molecular formula is C17H15NO2. The van der Waals surface area contributed by atoms with Crippen LogP contribution in [0.4, 0.5) is 5.69 Å². The smallest absolute Gasteiger partial charge is 0.202 e. The molecule has 3 rings (SSSR count). The van der Waals surface area contributed by atoms with Crippen LogP contribution in [0.2, 0.25) is 0 Å². The van der Waals surface area contributed by atoms with Crippen LogP contribution < -0.4 is 5.73 Å². The number of aryl methyl sites for hydroxylation is 1. The Bertz CT molecular complexity index is 769. The highest BCUT2D eigenvalue weighted by Gasteiger charge is 2.13. The Hall–Kier alpha value is -2.55. The van der Waals surface area contributed by atoms with Crippen molar-refractivity contribution in [2.45, 2.75) is 13.3 Å². The zero-order chi connectivity index (χ0) is 14.1. The van der Waals surface area contributed by atoms with Crippen LogP contribution in [0.15, 0.2) is 52.9 Å². The highest BCUT2D eigenvalue weighted by atomic mass is 16.3. The molecule has 0 aliphatic carbocycles. The third-order valence-corrected chi connectivity index (χ3v) is 3.29. The summed E-state index contributed by atoms with van der Waals surface area (Å²) in [6, 6.07) is 15.0. The van der Waals surface area contributed by atoms with Gasteiger partial charge in [0.2, 0.25) is 5.78 Å². The van der Waals surface area contributed by atoms with Gasteiger partial charge in [-0.25, -0.2) is 0 Å². The third kappa shape index (κ3) is 2.43. The van der Waals surface area contributed by atoms with E-state index in [4.69, 9.17) is 10.2 Å². The van der Waals surface area contributed by atoms with Crippen molar-refractivity contribution in [1.82, 2.24) is 0 Å². The molecule has 2 aromatic carbocycles. The number of carbonyl (C=O) groups excluding carboxylic acids is 1. The van der Waals surface area contributed by atoms with Crippen LogP contribution in [-0.4, -0.2) is 5.78 Å². The van der Waals surface area contributed by atoms with E-state index >= 15 is 0 Å². The van der Waals surface area contributed by atoms with Gasteiger partial charge in [-0.3, -0.25) is 4.79 Å². The van der Waals surface area contributed by atoms with Gasteiger partial charge in [0.05, 0.1) is 0 Å². The van der Waals surface area contributed by atoms with E-state index in [1.54, 1.807) is 12.1 Å². The quantitative estimate of drug-likeness (QED) is 0.579. The maximum absolute atomic E-state index is 12.2. The minimum atomic E-state index is -0.0244. The summed E-state index contributed by atoms with van der Waals surface area (Å²) in [5, 5.41) is 0.964. The molecule has 2 N–H and O–H groups in total. The van der Waals surface area contributed by atoms with E-state index < -0.39 is 0 Å².